The first-order valence-electron chi connectivity index (χ1n) is 11.9. The van der Waals surface area contributed by atoms with Crippen LogP contribution in [0, 0.1) is 25.5 Å². The maximum absolute atomic E-state index is 13.9. The van der Waals surface area contributed by atoms with Gasteiger partial charge < -0.3 is 4.74 Å². The number of aromatic nitrogens is 5. The molecule has 11 heteroatoms. The fraction of sp³-hybridized carbons (Fsp3) is 0.296. The summed E-state index contributed by atoms with van der Waals surface area (Å²) in [5.41, 5.74) is 2.58. The van der Waals surface area contributed by atoms with Crippen molar-refractivity contribution < 1.29 is 13.5 Å². The number of halogens is 3. The Morgan fingerprint density at radius 2 is 1.89 bits per heavy atom. The molecule has 0 aliphatic heterocycles. The number of hydrogen-bond acceptors (Lipinski definition) is 7. The Morgan fingerprint density at radius 3 is 2.63 bits per heavy atom. The van der Waals surface area contributed by atoms with E-state index in [0.717, 1.165) is 30.4 Å². The van der Waals surface area contributed by atoms with Crippen molar-refractivity contribution in [1.29, 1.82) is 0 Å². The monoisotopic (exact) mass is 555 g/mol. The Hall–Kier alpha value is -3.37. The zero-order valence-corrected chi connectivity index (χ0v) is 22.5. The van der Waals surface area contributed by atoms with Crippen molar-refractivity contribution in [3.63, 3.8) is 0 Å². The molecular formula is C27H24ClF2N5O2S. The van der Waals surface area contributed by atoms with E-state index < -0.39 is 17.2 Å². The standard InChI is InChI=1S/C27H24ClF2N5O2S/c1-14-11-32-21(20-4-5-31-26(34-20)16-7-18(8-16)38-3)10-23(14)35-15(2)6-24(25(28)27(35)36)37-13-22-19(30)9-17(29)12-33-22/h4-6,9-12,16,18H,7-8,13H2,1-3H3. The second kappa shape index (κ2) is 10.8. The van der Waals surface area contributed by atoms with E-state index in [2.05, 4.69) is 21.2 Å². The number of thioether (sulfide) groups is 1. The minimum Gasteiger partial charge on any atom is -0.485 e. The number of nitrogens with zero attached hydrogens (tertiary/aromatic N) is 5. The van der Waals surface area contributed by atoms with E-state index in [9.17, 15) is 13.6 Å². The average molecular weight is 556 g/mol. The van der Waals surface area contributed by atoms with Crippen LogP contribution in [0.2, 0.25) is 5.02 Å². The molecule has 1 aliphatic carbocycles. The zero-order valence-electron chi connectivity index (χ0n) is 20.9. The molecule has 5 rings (SSSR count). The molecule has 0 atom stereocenters. The SMILES string of the molecule is CSC1CC(c2nccc(-c3cc(-n4c(C)cc(OCc5ncc(F)cc5F)c(Cl)c4=O)c(C)cn3)n2)C1. The van der Waals surface area contributed by atoms with Crippen molar-refractivity contribution in [2.75, 3.05) is 6.26 Å². The molecule has 0 spiro atoms. The van der Waals surface area contributed by atoms with Crippen molar-refractivity contribution in [3.05, 3.63) is 92.6 Å². The Kier molecular flexibility index (Phi) is 7.45. The number of ether oxygens (including phenoxy) is 1. The van der Waals surface area contributed by atoms with E-state index in [-0.39, 0.29) is 23.1 Å². The summed E-state index contributed by atoms with van der Waals surface area (Å²) < 4.78 is 34.1. The summed E-state index contributed by atoms with van der Waals surface area (Å²) in [5, 5.41) is 0.474. The molecule has 7 nitrogen and oxygen atoms in total. The number of rotatable bonds is 7. The first-order valence-corrected chi connectivity index (χ1v) is 13.6. The van der Waals surface area contributed by atoms with Gasteiger partial charge in [-0.25, -0.2) is 18.7 Å². The van der Waals surface area contributed by atoms with Crippen LogP contribution in [-0.2, 0) is 6.61 Å². The molecular weight excluding hydrogens is 532 g/mol. The van der Waals surface area contributed by atoms with Gasteiger partial charge in [-0.15, -0.1) is 0 Å². The largest absolute Gasteiger partial charge is 0.485 e. The van der Waals surface area contributed by atoms with Crippen LogP contribution >= 0.6 is 23.4 Å². The maximum atomic E-state index is 13.9. The van der Waals surface area contributed by atoms with E-state index in [1.165, 1.54) is 4.57 Å². The third-order valence-electron chi connectivity index (χ3n) is 6.59. The summed E-state index contributed by atoms with van der Waals surface area (Å²) in [6, 6.07) is 5.91. The van der Waals surface area contributed by atoms with Crippen LogP contribution in [0.25, 0.3) is 17.1 Å². The van der Waals surface area contributed by atoms with E-state index in [0.29, 0.717) is 40.0 Å². The molecule has 0 unspecified atom stereocenters. The van der Waals surface area contributed by atoms with Gasteiger partial charge in [-0.2, -0.15) is 11.8 Å². The first-order chi connectivity index (χ1) is 18.2. The van der Waals surface area contributed by atoms with Crippen molar-refractivity contribution >= 4 is 23.4 Å². The maximum Gasteiger partial charge on any atom is 0.277 e. The first kappa shape index (κ1) is 26.2. The van der Waals surface area contributed by atoms with Crippen molar-refractivity contribution in [1.82, 2.24) is 24.5 Å². The molecule has 1 fully saturated rings. The molecule has 0 N–H and O–H groups in total. The van der Waals surface area contributed by atoms with Gasteiger partial charge in [-0.1, -0.05) is 11.6 Å². The summed E-state index contributed by atoms with van der Waals surface area (Å²) in [7, 11) is 0. The highest BCUT2D eigenvalue weighted by atomic mass is 35.5. The lowest BCUT2D eigenvalue weighted by Crippen LogP contribution is -2.25. The predicted molar refractivity (Wildman–Crippen MR) is 143 cm³/mol. The lowest BCUT2D eigenvalue weighted by Gasteiger charge is -2.32. The van der Waals surface area contributed by atoms with Gasteiger partial charge in [0.15, 0.2) is 5.82 Å². The summed E-state index contributed by atoms with van der Waals surface area (Å²) in [6.45, 7) is 3.27. The summed E-state index contributed by atoms with van der Waals surface area (Å²) in [5.74, 6) is -0.415. The van der Waals surface area contributed by atoms with Gasteiger partial charge in [0.25, 0.3) is 5.56 Å². The minimum atomic E-state index is -0.847. The lowest BCUT2D eigenvalue weighted by atomic mass is 9.84. The summed E-state index contributed by atoms with van der Waals surface area (Å²) >= 11 is 8.26. The van der Waals surface area contributed by atoms with Gasteiger partial charge in [-0.05, 0) is 50.6 Å². The molecule has 1 aliphatic rings. The summed E-state index contributed by atoms with van der Waals surface area (Å²) in [4.78, 5) is 30.8. The molecule has 0 saturated heterocycles. The highest BCUT2D eigenvalue weighted by Gasteiger charge is 2.31. The van der Waals surface area contributed by atoms with Crippen LogP contribution in [0.15, 0.2) is 47.7 Å². The van der Waals surface area contributed by atoms with Crippen LogP contribution in [0.5, 0.6) is 5.75 Å². The van der Waals surface area contributed by atoms with Crippen LogP contribution in [0.1, 0.15) is 41.5 Å². The zero-order chi connectivity index (χ0) is 27.0. The van der Waals surface area contributed by atoms with Crippen molar-refractivity contribution in [3.8, 4) is 22.8 Å². The lowest BCUT2D eigenvalue weighted by molar-refractivity contribution is 0.292. The van der Waals surface area contributed by atoms with Gasteiger partial charge in [0.1, 0.15) is 34.7 Å². The number of pyridine rings is 3. The van der Waals surface area contributed by atoms with Crippen LogP contribution in [0.3, 0.4) is 0 Å². The average Bonchev–Trinajstić information content (AvgIpc) is 2.87. The third-order valence-corrected chi connectivity index (χ3v) is 7.99. The number of aryl methyl sites for hydroxylation is 2. The topological polar surface area (TPSA) is 82.8 Å². The van der Waals surface area contributed by atoms with Crippen molar-refractivity contribution in [2.24, 2.45) is 0 Å². The second-order valence-electron chi connectivity index (χ2n) is 9.16. The summed E-state index contributed by atoms with van der Waals surface area (Å²) in [6.07, 6.45) is 8.56. The van der Waals surface area contributed by atoms with Crippen LogP contribution < -0.4 is 10.3 Å². The molecule has 4 heterocycles. The predicted octanol–water partition coefficient (Wildman–Crippen LogP) is 5.82. The highest BCUT2D eigenvalue weighted by molar-refractivity contribution is 7.99. The Morgan fingerprint density at radius 1 is 1.11 bits per heavy atom. The van der Waals surface area contributed by atoms with Gasteiger partial charge in [-0.3, -0.25) is 19.3 Å². The molecule has 4 aromatic rings. The molecule has 1 saturated carbocycles. The molecule has 0 aromatic carbocycles. The Labute approximate surface area is 227 Å². The van der Waals surface area contributed by atoms with Gasteiger partial charge in [0.05, 0.1) is 23.3 Å². The van der Waals surface area contributed by atoms with E-state index >= 15 is 0 Å². The Bertz CT molecular complexity index is 1580. The fourth-order valence-electron chi connectivity index (χ4n) is 4.36. The normalized spacial score (nSPS) is 16.8. The quantitative estimate of drug-likeness (QED) is 0.284. The second-order valence-corrected chi connectivity index (χ2v) is 10.7. The molecule has 0 bridgehead atoms. The third kappa shape index (κ3) is 5.15. The molecule has 38 heavy (non-hydrogen) atoms. The van der Waals surface area contributed by atoms with Crippen LogP contribution in [-0.4, -0.2) is 36.0 Å². The highest BCUT2D eigenvalue weighted by Crippen LogP contribution is 2.41. The molecule has 4 aromatic heterocycles. The van der Waals surface area contributed by atoms with Gasteiger partial charge in [0.2, 0.25) is 0 Å². The van der Waals surface area contributed by atoms with Gasteiger partial charge in [0, 0.05) is 41.4 Å². The van der Waals surface area contributed by atoms with Gasteiger partial charge >= 0.3 is 0 Å². The Balaban J connectivity index is 1.45. The fourth-order valence-corrected chi connectivity index (χ4v) is 5.40. The van der Waals surface area contributed by atoms with Crippen molar-refractivity contribution in [2.45, 2.75) is 44.5 Å². The minimum absolute atomic E-state index is 0.0763. The number of hydrogen-bond donors (Lipinski definition) is 0. The van der Waals surface area contributed by atoms with E-state index in [4.69, 9.17) is 21.3 Å². The molecule has 0 amide bonds. The smallest absolute Gasteiger partial charge is 0.277 e. The molecule has 0 radical (unpaired) electrons. The van der Waals surface area contributed by atoms with E-state index in [1.807, 2.05) is 18.7 Å². The molecule has 196 valence electrons. The van der Waals surface area contributed by atoms with E-state index in [1.54, 1.807) is 37.5 Å². The van der Waals surface area contributed by atoms with Crippen LogP contribution in [0.4, 0.5) is 8.78 Å².